The van der Waals surface area contributed by atoms with Crippen LogP contribution in [0.2, 0.25) is 0 Å². The highest BCUT2D eigenvalue weighted by atomic mass is 127. The number of fused-ring (bicyclic) bond motifs is 1. The van der Waals surface area contributed by atoms with Crippen molar-refractivity contribution in [3.8, 4) is 10.6 Å². The molecule has 29 heavy (non-hydrogen) atoms. The molecule has 0 aliphatic carbocycles. The topological polar surface area (TPSA) is 84.2 Å². The number of aryl methyl sites for hydroxylation is 1. The fourth-order valence-electron chi connectivity index (χ4n) is 2.60. The van der Waals surface area contributed by atoms with Gasteiger partial charge in [0.25, 0.3) is 5.91 Å². The molecule has 0 fully saturated rings. The van der Waals surface area contributed by atoms with E-state index in [1.54, 1.807) is 16.6 Å². The Morgan fingerprint density at radius 2 is 1.86 bits per heavy atom. The van der Waals surface area contributed by atoms with Crippen LogP contribution >= 0.6 is 46.1 Å². The highest BCUT2D eigenvalue weighted by Crippen LogP contribution is 2.25. The van der Waals surface area contributed by atoms with Crippen LogP contribution < -0.4 is 10.6 Å². The Hall–Kier alpha value is -2.44. The van der Waals surface area contributed by atoms with Crippen LogP contribution in [0, 0.1) is 10.5 Å². The number of benzene rings is 2. The van der Waals surface area contributed by atoms with Crippen LogP contribution in [0.3, 0.4) is 0 Å². The molecule has 0 aliphatic heterocycles. The zero-order valence-electron chi connectivity index (χ0n) is 15.2. The van der Waals surface area contributed by atoms with Crippen LogP contribution in [-0.2, 0) is 6.54 Å². The summed E-state index contributed by atoms with van der Waals surface area (Å²) in [4.78, 5) is 13.0. The second-order valence-corrected chi connectivity index (χ2v) is 8.80. The zero-order valence-corrected chi connectivity index (χ0v) is 19.0. The van der Waals surface area contributed by atoms with Crippen LogP contribution in [0.25, 0.3) is 15.5 Å². The Bertz CT molecular complexity index is 1180. The van der Waals surface area contributed by atoms with Gasteiger partial charge in [0.05, 0.1) is 0 Å². The van der Waals surface area contributed by atoms with Crippen molar-refractivity contribution in [2.75, 3.05) is 0 Å². The zero-order chi connectivity index (χ0) is 20.4. The highest BCUT2D eigenvalue weighted by molar-refractivity contribution is 14.1. The van der Waals surface area contributed by atoms with Gasteiger partial charge in [-0.1, -0.05) is 35.6 Å². The van der Waals surface area contributed by atoms with Crippen LogP contribution in [0.4, 0.5) is 0 Å². The molecule has 2 aromatic carbocycles. The van der Waals surface area contributed by atoms with Gasteiger partial charge in [-0.25, -0.2) is 0 Å². The second kappa shape index (κ2) is 8.51. The Labute approximate surface area is 189 Å². The number of nitrogens with zero attached hydrogens (tertiary/aromatic N) is 4. The van der Waals surface area contributed by atoms with Gasteiger partial charge in [-0.05, 0) is 71.6 Å². The van der Waals surface area contributed by atoms with Crippen molar-refractivity contribution in [3.05, 3.63) is 69.1 Å². The number of carbonyl (C=O) groups is 1. The minimum Gasteiger partial charge on any atom is -0.358 e. The van der Waals surface area contributed by atoms with Gasteiger partial charge in [-0.3, -0.25) is 10.1 Å². The standard InChI is InChI=1S/C19H15IN6OS2/c1-11-23-24-19-26(11)25-17(29-19)14-4-2-12(3-5-14)10-21-18(28)22-16(27)13-6-8-15(20)9-7-13/h2-9H,10H2,1H3,(H2,21,22,27,28). The van der Waals surface area contributed by atoms with Crippen molar-refractivity contribution in [1.82, 2.24) is 30.4 Å². The summed E-state index contributed by atoms with van der Waals surface area (Å²) in [6.45, 7) is 2.38. The molecule has 146 valence electrons. The van der Waals surface area contributed by atoms with Crippen LogP contribution in [-0.4, -0.2) is 30.8 Å². The first-order chi connectivity index (χ1) is 14.0. The van der Waals surface area contributed by atoms with Gasteiger partial charge in [0, 0.05) is 21.2 Å². The van der Waals surface area contributed by atoms with Crippen molar-refractivity contribution in [3.63, 3.8) is 0 Å². The Kier molecular flexibility index (Phi) is 5.83. The maximum absolute atomic E-state index is 12.2. The fourth-order valence-corrected chi connectivity index (χ4v) is 4.01. The third-order valence-electron chi connectivity index (χ3n) is 4.13. The molecule has 0 radical (unpaired) electrons. The number of hydrogen-bond donors (Lipinski definition) is 2. The summed E-state index contributed by atoms with van der Waals surface area (Å²) in [7, 11) is 0. The highest BCUT2D eigenvalue weighted by Gasteiger charge is 2.11. The third kappa shape index (κ3) is 4.60. The number of aromatic nitrogens is 4. The van der Waals surface area contributed by atoms with E-state index in [-0.39, 0.29) is 5.91 Å². The first-order valence-electron chi connectivity index (χ1n) is 8.62. The lowest BCUT2D eigenvalue weighted by Gasteiger charge is -2.10. The molecule has 7 nitrogen and oxygen atoms in total. The van der Waals surface area contributed by atoms with E-state index in [0.29, 0.717) is 17.2 Å². The number of carbonyl (C=O) groups excluding carboxylic acids is 1. The third-order valence-corrected chi connectivity index (χ3v) is 6.05. The first-order valence-corrected chi connectivity index (χ1v) is 10.9. The van der Waals surface area contributed by atoms with Gasteiger partial charge >= 0.3 is 0 Å². The number of halogens is 1. The average Bonchev–Trinajstić information content (AvgIpc) is 3.29. The number of nitrogens with one attached hydrogen (secondary N) is 2. The molecular formula is C19H15IN6OS2. The molecule has 4 rings (SSSR count). The van der Waals surface area contributed by atoms with Gasteiger partial charge in [-0.15, -0.1) is 10.2 Å². The summed E-state index contributed by atoms with van der Waals surface area (Å²) in [5, 5.41) is 19.6. The molecule has 0 saturated heterocycles. The second-order valence-electron chi connectivity index (χ2n) is 6.19. The minimum atomic E-state index is -0.229. The molecule has 10 heteroatoms. The van der Waals surface area contributed by atoms with E-state index in [0.717, 1.165) is 30.5 Å². The van der Waals surface area contributed by atoms with E-state index in [1.807, 2.05) is 43.3 Å². The summed E-state index contributed by atoms with van der Waals surface area (Å²) in [6.07, 6.45) is 0. The molecule has 1 amide bonds. The quantitative estimate of drug-likeness (QED) is 0.308. The van der Waals surface area contributed by atoms with E-state index in [2.05, 4.69) is 48.5 Å². The molecule has 0 atom stereocenters. The number of hydrogen-bond acceptors (Lipinski definition) is 6. The summed E-state index contributed by atoms with van der Waals surface area (Å²) >= 11 is 8.92. The summed E-state index contributed by atoms with van der Waals surface area (Å²) in [5.74, 6) is 0.539. The largest absolute Gasteiger partial charge is 0.358 e. The van der Waals surface area contributed by atoms with Crippen molar-refractivity contribution in [2.45, 2.75) is 13.5 Å². The number of rotatable bonds is 4. The molecular weight excluding hydrogens is 519 g/mol. The van der Waals surface area contributed by atoms with Crippen LogP contribution in [0.15, 0.2) is 48.5 Å². The predicted molar refractivity (Wildman–Crippen MR) is 125 cm³/mol. The lowest BCUT2D eigenvalue weighted by Crippen LogP contribution is -2.38. The van der Waals surface area contributed by atoms with E-state index in [1.165, 1.54) is 11.3 Å². The van der Waals surface area contributed by atoms with Gasteiger partial charge in [-0.2, -0.15) is 9.61 Å². The Balaban J connectivity index is 1.34. The maximum atomic E-state index is 12.2. The SMILES string of the molecule is Cc1nnc2sc(-c3ccc(CNC(=S)NC(=O)c4ccc(I)cc4)cc3)nn12. The number of thiocarbonyl (C=S) groups is 1. The van der Waals surface area contributed by atoms with Gasteiger partial charge < -0.3 is 5.32 Å². The molecule has 0 aliphatic rings. The molecule has 4 aromatic rings. The summed E-state index contributed by atoms with van der Waals surface area (Å²) < 4.78 is 2.81. The lowest BCUT2D eigenvalue weighted by molar-refractivity contribution is 0.0976. The van der Waals surface area contributed by atoms with Gasteiger partial charge in [0.2, 0.25) is 4.96 Å². The molecule has 2 aromatic heterocycles. The first kappa shape index (κ1) is 19.9. The smallest absolute Gasteiger partial charge is 0.257 e. The minimum absolute atomic E-state index is 0.229. The summed E-state index contributed by atoms with van der Waals surface area (Å²) in [5.41, 5.74) is 2.62. The van der Waals surface area contributed by atoms with E-state index in [4.69, 9.17) is 12.2 Å². The molecule has 2 heterocycles. The van der Waals surface area contributed by atoms with Crippen molar-refractivity contribution >= 4 is 62.1 Å². The van der Waals surface area contributed by atoms with Crippen LogP contribution in [0.1, 0.15) is 21.7 Å². The molecule has 0 bridgehead atoms. The maximum Gasteiger partial charge on any atom is 0.257 e. The number of amides is 1. The lowest BCUT2D eigenvalue weighted by atomic mass is 10.1. The molecule has 0 saturated carbocycles. The van der Waals surface area contributed by atoms with Crippen LogP contribution in [0.5, 0.6) is 0 Å². The van der Waals surface area contributed by atoms with Gasteiger partial charge in [0.15, 0.2) is 10.9 Å². The summed E-state index contributed by atoms with van der Waals surface area (Å²) in [6, 6.07) is 15.3. The van der Waals surface area contributed by atoms with Crippen molar-refractivity contribution in [1.29, 1.82) is 0 Å². The monoisotopic (exact) mass is 534 g/mol. The molecule has 0 spiro atoms. The van der Waals surface area contributed by atoms with E-state index < -0.39 is 0 Å². The van der Waals surface area contributed by atoms with E-state index >= 15 is 0 Å². The Morgan fingerprint density at radius 3 is 2.55 bits per heavy atom. The van der Waals surface area contributed by atoms with Crippen molar-refractivity contribution in [2.24, 2.45) is 0 Å². The van der Waals surface area contributed by atoms with Gasteiger partial charge in [0.1, 0.15) is 5.01 Å². The normalized spacial score (nSPS) is 10.8. The average molecular weight is 534 g/mol. The van der Waals surface area contributed by atoms with E-state index in [9.17, 15) is 4.79 Å². The molecule has 2 N–H and O–H groups in total. The predicted octanol–water partition coefficient (Wildman–Crippen LogP) is 3.57. The van der Waals surface area contributed by atoms with Crippen molar-refractivity contribution < 1.29 is 4.79 Å². The Morgan fingerprint density at radius 1 is 1.14 bits per heavy atom. The molecule has 0 unspecified atom stereocenters. The fraction of sp³-hybridized carbons (Fsp3) is 0.105.